The number of para-hydroxylation sites is 2. The standard InChI is InChI=1S/C23H21Cl2N7O.C12H8Cl3N5.C11H11F3N2O/c1-13(33)32-9-8-14-10-16(7-6-15(14)12-32)27-23-26-11-17-21(30-31(2)22(17)29-23)28-20-18(24)4-3-5-19(20)25;1-20-11-6(5-16-12(15)18-11)10(19-20)17-9-7(13)3-2-4-8(9)14;12-11(13,14)10(17)16-4-3-7-5-9(15)2-1-8(7)6-16/h3-7,10-11H,8-9,12H2,1-2H3,(H,28,30)(H,26,27,29);2-5H,1H3,(H,17,19);1-2,5H,3-4,6,15H2. The van der Waals surface area contributed by atoms with Crippen LogP contribution in [0.5, 0.6) is 0 Å². The Hall–Kier alpha value is -6.64. The van der Waals surface area contributed by atoms with Gasteiger partial charge >= 0.3 is 12.1 Å². The summed E-state index contributed by atoms with van der Waals surface area (Å²) in [5, 5.41) is 22.1. The van der Waals surface area contributed by atoms with Crippen molar-refractivity contribution in [2.75, 3.05) is 34.8 Å². The van der Waals surface area contributed by atoms with Crippen LogP contribution >= 0.6 is 58.0 Å². The minimum absolute atomic E-state index is 0.00600. The van der Waals surface area contributed by atoms with Crippen LogP contribution in [-0.4, -0.2) is 80.4 Å². The van der Waals surface area contributed by atoms with Crippen LogP contribution in [0.1, 0.15) is 29.2 Å². The maximum atomic E-state index is 12.3. The molecule has 70 heavy (non-hydrogen) atoms. The monoisotopic (exact) mass is 1050 g/mol. The van der Waals surface area contributed by atoms with E-state index in [1.807, 2.05) is 24.1 Å². The lowest BCUT2D eigenvalue weighted by atomic mass is 9.99. The largest absolute Gasteiger partial charge is 0.471 e. The van der Waals surface area contributed by atoms with Crippen molar-refractivity contribution in [1.29, 1.82) is 0 Å². The highest BCUT2D eigenvalue weighted by molar-refractivity contribution is 6.40. The highest BCUT2D eigenvalue weighted by Crippen LogP contribution is 2.36. The highest BCUT2D eigenvalue weighted by Gasteiger charge is 2.43. The second-order valence-electron chi connectivity index (χ2n) is 16.0. The zero-order valence-electron chi connectivity index (χ0n) is 37.2. The molecule has 2 aliphatic rings. The van der Waals surface area contributed by atoms with Crippen LogP contribution in [0.2, 0.25) is 25.4 Å². The summed E-state index contributed by atoms with van der Waals surface area (Å²) in [5.41, 5.74) is 13.5. The fraction of sp³-hybridized carbons (Fsp3) is 0.217. The van der Waals surface area contributed by atoms with Crippen molar-refractivity contribution in [3.63, 3.8) is 0 Å². The van der Waals surface area contributed by atoms with Crippen molar-refractivity contribution in [2.45, 2.75) is 39.0 Å². The molecule has 2 amide bonds. The van der Waals surface area contributed by atoms with Crippen LogP contribution in [-0.2, 0) is 49.6 Å². The number of hydrogen-bond acceptors (Lipinski definition) is 12. The molecule has 0 fully saturated rings. The van der Waals surface area contributed by atoms with Gasteiger partial charge in [0.15, 0.2) is 22.9 Å². The van der Waals surface area contributed by atoms with Crippen LogP contribution < -0.4 is 21.7 Å². The van der Waals surface area contributed by atoms with Crippen LogP contribution in [0.3, 0.4) is 0 Å². The van der Waals surface area contributed by atoms with Crippen molar-refractivity contribution in [2.24, 2.45) is 14.1 Å². The second-order valence-corrected chi connectivity index (χ2v) is 18.0. The molecule has 0 unspecified atom stereocenters. The van der Waals surface area contributed by atoms with E-state index in [1.165, 1.54) is 11.1 Å². The van der Waals surface area contributed by atoms with Gasteiger partial charge in [-0.3, -0.25) is 9.59 Å². The predicted molar refractivity (Wildman–Crippen MR) is 268 cm³/mol. The lowest BCUT2D eigenvalue weighted by Gasteiger charge is -2.29. The quantitative estimate of drug-likeness (QED) is 0.0912. The molecule has 0 saturated heterocycles. The number of hydrogen-bond donors (Lipinski definition) is 4. The summed E-state index contributed by atoms with van der Waals surface area (Å²) in [6.07, 6.45) is -0.252. The number of nitrogen functional groups attached to an aromatic ring is 1. The Morgan fingerprint density at radius 3 is 1.70 bits per heavy atom. The van der Waals surface area contributed by atoms with E-state index >= 15 is 0 Å². The summed E-state index contributed by atoms with van der Waals surface area (Å²) in [6, 6.07) is 21.7. The Balaban J connectivity index is 0.000000152. The van der Waals surface area contributed by atoms with E-state index in [9.17, 15) is 22.8 Å². The fourth-order valence-electron chi connectivity index (χ4n) is 7.73. The number of aromatic nitrogens is 8. The lowest BCUT2D eigenvalue weighted by Crippen LogP contribution is -2.43. The summed E-state index contributed by atoms with van der Waals surface area (Å²) in [6.45, 7) is 3.06. The summed E-state index contributed by atoms with van der Waals surface area (Å²) >= 11 is 30.6. The number of carbonyl (C=O) groups is 2. The molecule has 0 bridgehead atoms. The minimum atomic E-state index is -4.80. The first-order chi connectivity index (χ1) is 33.3. The topological polar surface area (TPSA) is 190 Å². The number of carbonyl (C=O) groups excluding carboxylic acids is 2. The Kier molecular flexibility index (Phi) is 14.8. The Morgan fingerprint density at radius 1 is 0.643 bits per heavy atom. The van der Waals surface area contributed by atoms with Gasteiger partial charge in [0, 0.05) is 71.0 Å². The summed E-state index contributed by atoms with van der Waals surface area (Å²) in [4.78, 5) is 42.6. The minimum Gasteiger partial charge on any atom is -0.399 e. The van der Waals surface area contributed by atoms with E-state index in [0.29, 0.717) is 79.0 Å². The molecule has 16 nitrogen and oxygen atoms in total. The van der Waals surface area contributed by atoms with Crippen LogP contribution in [0.25, 0.3) is 22.1 Å². The molecular formula is C46H40Cl5F3N14O2. The van der Waals surface area contributed by atoms with Crippen LogP contribution in [0.4, 0.5) is 53.5 Å². The van der Waals surface area contributed by atoms with E-state index in [2.05, 4.69) is 52.2 Å². The molecular weight excluding hydrogens is 1010 g/mol. The summed E-state index contributed by atoms with van der Waals surface area (Å²) in [5.74, 6) is -0.0765. The molecule has 0 radical (unpaired) electrons. The van der Waals surface area contributed by atoms with Crippen molar-refractivity contribution in [3.8, 4) is 0 Å². The van der Waals surface area contributed by atoms with Gasteiger partial charge in [0.2, 0.25) is 17.1 Å². The zero-order chi connectivity index (χ0) is 50.0. The Morgan fingerprint density at radius 2 is 1.14 bits per heavy atom. The van der Waals surface area contributed by atoms with Crippen molar-refractivity contribution < 1.29 is 22.8 Å². The third-order valence-corrected chi connectivity index (χ3v) is 12.7. The number of nitrogens with one attached hydrogen (secondary N) is 3. The normalized spacial score (nSPS) is 13.1. The number of halogens is 8. The van der Waals surface area contributed by atoms with Gasteiger partial charge in [0.25, 0.3) is 0 Å². The van der Waals surface area contributed by atoms with Gasteiger partial charge in [-0.1, -0.05) is 70.7 Å². The summed E-state index contributed by atoms with van der Waals surface area (Å²) in [7, 11) is 3.59. The maximum Gasteiger partial charge on any atom is 0.471 e. The number of nitrogens with two attached hydrogens (primary N) is 1. The number of benzene rings is 4. The smallest absolute Gasteiger partial charge is 0.399 e. The maximum absolute atomic E-state index is 12.3. The van der Waals surface area contributed by atoms with Crippen molar-refractivity contribution in [3.05, 3.63) is 133 Å². The Bertz CT molecular complexity index is 3260. The SMILES string of the molecule is CC(=O)N1CCc2cc(Nc3ncc4c(Nc5c(Cl)cccc5Cl)nn(C)c4n3)ccc2C1.Cn1nc(Nc2c(Cl)cccc2Cl)c2cnc(Cl)nc21.Nc1ccc2c(c1)CCN(C(=O)C(F)(F)F)C2. The van der Waals surface area contributed by atoms with Gasteiger partial charge in [-0.05, 0) is 95.2 Å². The molecule has 0 aliphatic carbocycles. The van der Waals surface area contributed by atoms with E-state index < -0.39 is 12.1 Å². The molecule has 5 N–H and O–H groups in total. The number of rotatable bonds is 6. The number of alkyl halides is 3. The number of anilines is 7. The first-order valence-electron chi connectivity index (χ1n) is 21.2. The first-order valence-corrected chi connectivity index (χ1v) is 23.1. The third-order valence-electron chi connectivity index (χ3n) is 11.2. The van der Waals surface area contributed by atoms with E-state index in [1.54, 1.807) is 90.3 Å². The predicted octanol–water partition coefficient (Wildman–Crippen LogP) is 10.8. The average molecular weight is 1060 g/mol. The number of amides is 2. The average Bonchev–Trinajstić information content (AvgIpc) is 3.81. The van der Waals surface area contributed by atoms with Gasteiger partial charge in [0.05, 0.1) is 42.2 Å². The zero-order valence-corrected chi connectivity index (χ0v) is 41.0. The van der Waals surface area contributed by atoms with Crippen LogP contribution in [0.15, 0.2) is 85.2 Å². The van der Waals surface area contributed by atoms with Gasteiger partial charge in [0.1, 0.15) is 0 Å². The number of fused-ring (bicyclic) bond motifs is 4. The van der Waals surface area contributed by atoms with E-state index in [4.69, 9.17) is 63.7 Å². The summed E-state index contributed by atoms with van der Waals surface area (Å²) < 4.78 is 40.1. The highest BCUT2D eigenvalue weighted by atomic mass is 35.5. The molecule has 0 saturated carbocycles. The van der Waals surface area contributed by atoms with Crippen molar-refractivity contribution in [1.82, 2.24) is 49.3 Å². The third kappa shape index (κ3) is 11.2. The Labute approximate surface area is 422 Å². The molecule has 362 valence electrons. The van der Waals surface area contributed by atoms with Gasteiger partial charge < -0.3 is 31.5 Å². The van der Waals surface area contributed by atoms with E-state index in [-0.39, 0.29) is 24.3 Å². The molecule has 0 spiro atoms. The van der Waals surface area contributed by atoms with Crippen molar-refractivity contribution >= 4 is 132 Å². The number of nitrogens with zero attached hydrogens (tertiary/aromatic N) is 10. The first kappa shape index (κ1) is 49.8. The molecule has 6 heterocycles. The second kappa shape index (κ2) is 20.8. The molecule has 0 atom stereocenters. The molecule has 4 aromatic carbocycles. The van der Waals surface area contributed by atoms with Crippen LogP contribution in [0, 0.1) is 0 Å². The molecule has 8 aromatic rings. The molecule has 2 aliphatic heterocycles. The molecule has 4 aromatic heterocycles. The number of aryl methyl sites for hydroxylation is 2. The lowest BCUT2D eigenvalue weighted by molar-refractivity contribution is -0.186. The van der Waals surface area contributed by atoms with Gasteiger partial charge in [-0.2, -0.15) is 33.3 Å². The molecule has 24 heteroatoms. The molecule has 10 rings (SSSR count). The van der Waals surface area contributed by atoms with Gasteiger partial charge in [-0.25, -0.2) is 19.3 Å². The fourth-order valence-corrected chi connectivity index (χ4v) is 8.84. The van der Waals surface area contributed by atoms with E-state index in [0.717, 1.165) is 45.5 Å². The van der Waals surface area contributed by atoms with Gasteiger partial charge in [-0.15, -0.1) is 0 Å².